The lowest BCUT2D eigenvalue weighted by molar-refractivity contribution is 0.0957. The van der Waals surface area contributed by atoms with Crippen LogP contribution >= 0.6 is 11.3 Å². The number of ether oxygens (including phenoxy) is 1. The summed E-state index contributed by atoms with van der Waals surface area (Å²) < 4.78 is 13.0. The van der Waals surface area contributed by atoms with Crippen LogP contribution in [0.2, 0.25) is 0 Å². The SMILES string of the molecule is CNC(=O)c1cc(Oc2ccc3c(c2)[SH](NC2CCCC(O)C2)N3)ccn1. The maximum absolute atomic E-state index is 11.7. The van der Waals surface area contributed by atoms with Gasteiger partial charge in [-0.1, -0.05) is 11.3 Å². The summed E-state index contributed by atoms with van der Waals surface area (Å²) in [4.78, 5) is 17.0. The first-order valence-corrected chi connectivity index (χ1v) is 10.5. The summed E-state index contributed by atoms with van der Waals surface area (Å²) in [6.07, 6.45) is 5.25. The number of fused-ring (bicyclic) bond motifs is 1. The summed E-state index contributed by atoms with van der Waals surface area (Å²) in [6.45, 7) is 0. The molecule has 2 aliphatic rings. The van der Waals surface area contributed by atoms with Crippen LogP contribution < -0.4 is 19.5 Å². The van der Waals surface area contributed by atoms with E-state index in [2.05, 4.69) is 19.7 Å². The number of pyridine rings is 1. The highest BCUT2D eigenvalue weighted by Crippen LogP contribution is 2.51. The number of aliphatic hydroxyl groups is 1. The van der Waals surface area contributed by atoms with Gasteiger partial charge in [-0.3, -0.25) is 14.5 Å². The van der Waals surface area contributed by atoms with Crippen molar-refractivity contribution in [2.24, 2.45) is 0 Å². The smallest absolute Gasteiger partial charge is 0.269 e. The van der Waals surface area contributed by atoms with Crippen molar-refractivity contribution in [3.05, 3.63) is 42.2 Å². The number of nitrogens with zero attached hydrogens (tertiary/aromatic N) is 1. The number of nitrogens with one attached hydrogen (secondary N) is 3. The molecule has 7 nitrogen and oxygen atoms in total. The highest BCUT2D eigenvalue weighted by Gasteiger charge is 2.27. The summed E-state index contributed by atoms with van der Waals surface area (Å²) in [5.74, 6) is 1.05. The van der Waals surface area contributed by atoms with Gasteiger partial charge in [0.05, 0.1) is 11.8 Å². The molecule has 2 heterocycles. The van der Waals surface area contributed by atoms with E-state index in [9.17, 15) is 9.90 Å². The van der Waals surface area contributed by atoms with Crippen LogP contribution in [0.15, 0.2) is 41.4 Å². The molecular formula is C19H24N4O3S. The second-order valence-corrected chi connectivity index (χ2v) is 8.47. The fraction of sp³-hybridized carbons (Fsp3) is 0.368. The van der Waals surface area contributed by atoms with E-state index in [1.807, 2.05) is 18.2 Å². The predicted octanol–water partition coefficient (Wildman–Crippen LogP) is 2.74. The first kappa shape index (κ1) is 18.1. The number of carbonyl (C=O) groups excluding carboxylic acids is 1. The maximum Gasteiger partial charge on any atom is 0.269 e. The summed E-state index contributed by atoms with van der Waals surface area (Å²) in [7, 11) is 1.57. The fourth-order valence-corrected chi connectivity index (χ4v) is 5.23. The molecular weight excluding hydrogens is 364 g/mol. The molecule has 1 aliphatic carbocycles. The summed E-state index contributed by atoms with van der Waals surface area (Å²) >= 11 is -0.633. The van der Waals surface area contributed by atoms with Gasteiger partial charge in [0.1, 0.15) is 17.2 Å². The molecule has 4 N–H and O–H groups in total. The molecule has 1 aromatic heterocycles. The molecule has 1 aromatic carbocycles. The lowest BCUT2D eigenvalue weighted by Crippen LogP contribution is -2.37. The standard InChI is InChI=1S/C19H24N4O3S/c1-20-19(25)17-10-15(7-8-21-17)26-14-5-6-16-18(11-14)27(23-16)22-12-3-2-4-13(24)9-12/h5-8,10-13,22-24,27H,2-4,9H2,1H3,(H,20,25). The number of hydrogen-bond donors (Lipinski definition) is 5. The van der Waals surface area contributed by atoms with Gasteiger partial charge in [0.25, 0.3) is 5.91 Å². The second-order valence-electron chi connectivity index (χ2n) is 6.83. The van der Waals surface area contributed by atoms with E-state index in [1.165, 1.54) is 4.90 Å². The van der Waals surface area contributed by atoms with Crippen LogP contribution in [0.3, 0.4) is 0 Å². The number of aromatic nitrogens is 1. The first-order valence-electron chi connectivity index (χ1n) is 9.13. The van der Waals surface area contributed by atoms with E-state index in [0.29, 0.717) is 17.5 Å². The Bertz CT molecular complexity index is 847. The molecule has 8 heteroatoms. The predicted molar refractivity (Wildman–Crippen MR) is 106 cm³/mol. The van der Waals surface area contributed by atoms with E-state index < -0.39 is 11.3 Å². The van der Waals surface area contributed by atoms with Crippen molar-refractivity contribution in [1.29, 1.82) is 0 Å². The Balaban J connectivity index is 1.44. The molecule has 4 rings (SSSR count). The molecule has 1 aliphatic heterocycles. The van der Waals surface area contributed by atoms with Crippen molar-refractivity contribution in [2.75, 3.05) is 11.8 Å². The summed E-state index contributed by atoms with van der Waals surface area (Å²) in [6, 6.07) is 9.64. The Morgan fingerprint density at radius 1 is 1.30 bits per heavy atom. The third kappa shape index (κ3) is 4.02. The first-order chi connectivity index (χ1) is 13.1. The lowest BCUT2D eigenvalue weighted by Gasteiger charge is -2.41. The highest BCUT2D eigenvalue weighted by molar-refractivity contribution is 8.18. The van der Waals surface area contributed by atoms with Crippen LogP contribution in [0.25, 0.3) is 0 Å². The Labute approximate surface area is 161 Å². The topological polar surface area (TPSA) is 95.5 Å². The van der Waals surface area contributed by atoms with Crippen molar-refractivity contribution in [1.82, 2.24) is 15.0 Å². The van der Waals surface area contributed by atoms with E-state index in [4.69, 9.17) is 4.74 Å². The molecule has 0 saturated heterocycles. The van der Waals surface area contributed by atoms with Gasteiger partial charge < -0.3 is 19.9 Å². The molecule has 3 atom stereocenters. The monoisotopic (exact) mass is 388 g/mol. The van der Waals surface area contributed by atoms with Crippen LogP contribution in [-0.2, 0) is 0 Å². The maximum atomic E-state index is 11.7. The average molecular weight is 388 g/mol. The number of rotatable bonds is 5. The van der Waals surface area contributed by atoms with Crippen LogP contribution in [0.5, 0.6) is 11.5 Å². The Hall–Kier alpha value is -2.29. The number of hydrogen-bond acceptors (Lipinski definition) is 6. The minimum Gasteiger partial charge on any atom is -0.457 e. The zero-order valence-corrected chi connectivity index (χ0v) is 16.0. The van der Waals surface area contributed by atoms with Gasteiger partial charge in [-0.25, -0.2) is 0 Å². The number of aliphatic hydroxyl groups excluding tert-OH is 1. The van der Waals surface area contributed by atoms with E-state index in [-0.39, 0.29) is 12.0 Å². The van der Waals surface area contributed by atoms with Crippen molar-refractivity contribution in [3.8, 4) is 11.5 Å². The van der Waals surface area contributed by atoms with Crippen molar-refractivity contribution in [2.45, 2.75) is 42.7 Å². The molecule has 144 valence electrons. The van der Waals surface area contributed by atoms with Gasteiger partial charge in [-0.05, 0) is 49.9 Å². The fourth-order valence-electron chi connectivity index (χ4n) is 3.41. The number of carbonyl (C=O) groups is 1. The van der Waals surface area contributed by atoms with Crippen LogP contribution in [-0.4, -0.2) is 35.2 Å². The number of thiol groups is 1. The largest absolute Gasteiger partial charge is 0.457 e. The van der Waals surface area contributed by atoms with Crippen molar-refractivity contribution >= 4 is 22.9 Å². The Morgan fingerprint density at radius 2 is 2.15 bits per heavy atom. The molecule has 3 unspecified atom stereocenters. The quantitative estimate of drug-likeness (QED) is 0.506. The van der Waals surface area contributed by atoms with E-state index >= 15 is 0 Å². The highest BCUT2D eigenvalue weighted by atomic mass is 32.2. The molecule has 2 aromatic rings. The normalized spacial score (nSPS) is 24.9. The van der Waals surface area contributed by atoms with Crippen LogP contribution in [0.1, 0.15) is 36.2 Å². The van der Waals surface area contributed by atoms with Crippen molar-refractivity contribution in [3.63, 3.8) is 0 Å². The number of amides is 1. The minimum atomic E-state index is -0.633. The minimum absolute atomic E-state index is 0.192. The van der Waals surface area contributed by atoms with E-state index in [1.54, 1.807) is 25.4 Å². The molecule has 1 fully saturated rings. The van der Waals surface area contributed by atoms with E-state index in [0.717, 1.165) is 37.1 Å². The Kier molecular flexibility index (Phi) is 5.20. The van der Waals surface area contributed by atoms with Crippen LogP contribution in [0.4, 0.5) is 5.69 Å². The summed E-state index contributed by atoms with van der Waals surface area (Å²) in [5.41, 5.74) is 1.43. The molecule has 0 bridgehead atoms. The van der Waals surface area contributed by atoms with Gasteiger partial charge in [0.15, 0.2) is 0 Å². The van der Waals surface area contributed by atoms with Crippen molar-refractivity contribution < 1.29 is 14.6 Å². The van der Waals surface area contributed by atoms with Gasteiger partial charge in [0.2, 0.25) is 0 Å². The molecule has 1 saturated carbocycles. The summed E-state index contributed by atoms with van der Waals surface area (Å²) in [5, 5.41) is 12.4. The van der Waals surface area contributed by atoms with Crippen LogP contribution in [0, 0.1) is 0 Å². The van der Waals surface area contributed by atoms with Gasteiger partial charge in [0, 0.05) is 30.2 Å². The van der Waals surface area contributed by atoms with Gasteiger partial charge in [-0.15, -0.1) is 0 Å². The molecule has 1 amide bonds. The average Bonchev–Trinajstić information content (AvgIpc) is 2.67. The van der Waals surface area contributed by atoms with Gasteiger partial charge in [-0.2, -0.15) is 0 Å². The zero-order valence-electron chi connectivity index (χ0n) is 15.1. The molecule has 0 spiro atoms. The Morgan fingerprint density at radius 3 is 2.96 bits per heavy atom. The third-order valence-corrected chi connectivity index (χ3v) is 6.77. The number of benzene rings is 1. The second kappa shape index (κ2) is 7.75. The zero-order chi connectivity index (χ0) is 18.8. The molecule has 0 radical (unpaired) electrons. The molecule has 27 heavy (non-hydrogen) atoms. The van der Waals surface area contributed by atoms with Gasteiger partial charge >= 0.3 is 0 Å². The number of anilines is 1. The lowest BCUT2D eigenvalue weighted by atomic mass is 9.94. The third-order valence-electron chi connectivity index (χ3n) is 4.83.